The number of amides is 4. The highest BCUT2D eigenvalue weighted by Gasteiger charge is 2.30. The summed E-state index contributed by atoms with van der Waals surface area (Å²) < 4.78 is 0. The first kappa shape index (κ1) is 31.8. The van der Waals surface area contributed by atoms with Gasteiger partial charge in [0.1, 0.15) is 6.04 Å². The van der Waals surface area contributed by atoms with Gasteiger partial charge in [-0.25, -0.2) is 4.79 Å². The molecule has 46 heavy (non-hydrogen) atoms. The number of aromatic nitrogens is 4. The van der Waals surface area contributed by atoms with Crippen molar-refractivity contribution in [3.8, 4) is 22.5 Å². The highest BCUT2D eigenvalue weighted by molar-refractivity contribution is 5.98. The third-order valence-corrected chi connectivity index (χ3v) is 8.09. The van der Waals surface area contributed by atoms with Crippen molar-refractivity contribution in [2.45, 2.75) is 45.1 Å². The number of aromatic amines is 1. The molecular formula is C33H36N8O5. The summed E-state index contributed by atoms with van der Waals surface area (Å²) in [6.45, 7) is 1.83. The number of rotatable bonds is 11. The van der Waals surface area contributed by atoms with E-state index in [1.165, 1.54) is 6.92 Å². The van der Waals surface area contributed by atoms with E-state index in [4.69, 9.17) is 5.11 Å². The average Bonchev–Trinajstić information content (AvgIpc) is 3.60. The minimum Gasteiger partial charge on any atom is -0.465 e. The Hall–Kier alpha value is -5.59. The molecule has 1 heterocycles. The van der Waals surface area contributed by atoms with Gasteiger partial charge in [-0.1, -0.05) is 42.5 Å². The molecule has 3 aromatic carbocycles. The lowest BCUT2D eigenvalue weighted by molar-refractivity contribution is -0.130. The summed E-state index contributed by atoms with van der Waals surface area (Å²) in [5.74, 6) is -0.372. The van der Waals surface area contributed by atoms with Gasteiger partial charge in [0.2, 0.25) is 23.5 Å². The van der Waals surface area contributed by atoms with Crippen molar-refractivity contribution in [1.29, 1.82) is 0 Å². The molecule has 5 rings (SSSR count). The third kappa shape index (κ3) is 8.52. The van der Waals surface area contributed by atoms with Gasteiger partial charge in [-0.05, 0) is 78.3 Å². The topological polar surface area (TPSA) is 191 Å². The molecule has 1 aliphatic carbocycles. The van der Waals surface area contributed by atoms with E-state index in [1.807, 2.05) is 48.5 Å². The van der Waals surface area contributed by atoms with Gasteiger partial charge in [-0.2, -0.15) is 5.21 Å². The number of para-hydroxylation sites is 1. The largest absolute Gasteiger partial charge is 0.465 e. The van der Waals surface area contributed by atoms with Gasteiger partial charge in [0.05, 0.1) is 0 Å². The second kappa shape index (κ2) is 14.9. The third-order valence-electron chi connectivity index (χ3n) is 8.09. The summed E-state index contributed by atoms with van der Waals surface area (Å²) in [7, 11) is 0. The molecule has 0 unspecified atom stereocenters. The lowest BCUT2D eigenvalue weighted by Gasteiger charge is -2.29. The Morgan fingerprint density at radius 1 is 0.891 bits per heavy atom. The first-order chi connectivity index (χ1) is 22.2. The first-order valence-corrected chi connectivity index (χ1v) is 15.1. The highest BCUT2D eigenvalue weighted by atomic mass is 16.4. The maximum Gasteiger partial charge on any atom is 0.404 e. The molecule has 6 N–H and O–H groups in total. The van der Waals surface area contributed by atoms with Crippen molar-refractivity contribution in [3.05, 3.63) is 78.4 Å². The number of anilines is 2. The summed E-state index contributed by atoms with van der Waals surface area (Å²) in [5, 5.41) is 34.0. The Morgan fingerprint density at radius 3 is 2.24 bits per heavy atom. The molecule has 0 saturated heterocycles. The Balaban J connectivity index is 1.29. The monoisotopic (exact) mass is 624 g/mol. The fourth-order valence-corrected chi connectivity index (χ4v) is 5.66. The van der Waals surface area contributed by atoms with Crippen LogP contribution in [0.15, 0.2) is 72.8 Å². The van der Waals surface area contributed by atoms with Crippen molar-refractivity contribution in [1.82, 2.24) is 31.3 Å². The summed E-state index contributed by atoms with van der Waals surface area (Å²) in [5.41, 5.74) is 4.58. The molecular weight excluding hydrogens is 588 g/mol. The normalized spacial score (nSPS) is 16.5. The zero-order chi connectivity index (χ0) is 32.5. The van der Waals surface area contributed by atoms with Crippen LogP contribution < -0.4 is 21.3 Å². The second-order valence-corrected chi connectivity index (χ2v) is 11.4. The van der Waals surface area contributed by atoms with Crippen LogP contribution in [0, 0.1) is 11.8 Å². The fourth-order valence-electron chi connectivity index (χ4n) is 5.66. The maximum absolute atomic E-state index is 13.6. The van der Waals surface area contributed by atoms with E-state index in [-0.39, 0.29) is 36.0 Å². The zero-order valence-corrected chi connectivity index (χ0v) is 25.3. The van der Waals surface area contributed by atoms with Crippen molar-refractivity contribution < 1.29 is 24.3 Å². The molecule has 1 aromatic heterocycles. The van der Waals surface area contributed by atoms with E-state index >= 15 is 0 Å². The molecule has 4 amide bonds. The summed E-state index contributed by atoms with van der Waals surface area (Å²) >= 11 is 0. The van der Waals surface area contributed by atoms with Crippen molar-refractivity contribution in [2.75, 3.05) is 17.2 Å². The van der Waals surface area contributed by atoms with Crippen LogP contribution in [-0.4, -0.2) is 62.1 Å². The number of carboxylic acid groups (broad SMARTS) is 1. The first-order valence-electron chi connectivity index (χ1n) is 15.1. The van der Waals surface area contributed by atoms with E-state index < -0.39 is 12.1 Å². The van der Waals surface area contributed by atoms with Crippen molar-refractivity contribution in [3.63, 3.8) is 0 Å². The van der Waals surface area contributed by atoms with Crippen LogP contribution in [0.2, 0.25) is 0 Å². The Labute approximate surface area is 265 Å². The number of H-pyrrole nitrogens is 1. The van der Waals surface area contributed by atoms with Crippen LogP contribution in [0.3, 0.4) is 0 Å². The Morgan fingerprint density at radius 2 is 1.59 bits per heavy atom. The number of carbonyl (C=O) groups excluding carboxylic acids is 3. The smallest absolute Gasteiger partial charge is 0.404 e. The molecule has 0 radical (unpaired) electrons. The Kier molecular flexibility index (Phi) is 10.3. The maximum atomic E-state index is 13.6. The quantitative estimate of drug-likeness (QED) is 0.143. The molecule has 0 aliphatic heterocycles. The van der Waals surface area contributed by atoms with Gasteiger partial charge in [0.15, 0.2) is 0 Å². The van der Waals surface area contributed by atoms with Crippen LogP contribution in [0.5, 0.6) is 0 Å². The molecule has 0 bridgehead atoms. The van der Waals surface area contributed by atoms with Gasteiger partial charge in [0, 0.05) is 48.3 Å². The lowest BCUT2D eigenvalue weighted by atomic mass is 9.81. The molecule has 1 aliphatic rings. The van der Waals surface area contributed by atoms with Crippen LogP contribution in [0.1, 0.15) is 38.2 Å². The standard InChI is InChI=1S/C33H36N8O5/c1-20(42)35-28-5-3-2-4-27(28)23-10-6-21(7-11-23)18-29(37-31(43)25-12-8-22(9-13-25)19-34-33(45)46)32(44)36-26-16-14-24(15-17-26)30-38-40-41-39-30/h2-7,10-11,14-17,22,25,29,34H,8-9,12-13,18-19H2,1H3,(H,35,42)(H,36,44)(H,37,43)(H,45,46)(H,38,39,40,41)/t22?,25?,29-/m0/s1. The van der Waals surface area contributed by atoms with E-state index in [0.29, 0.717) is 36.6 Å². The number of carbonyl (C=O) groups is 4. The average molecular weight is 625 g/mol. The fraction of sp³-hybridized carbons (Fsp3) is 0.303. The molecule has 13 heteroatoms. The predicted octanol–water partition coefficient (Wildman–Crippen LogP) is 4.23. The number of tetrazole rings is 1. The molecule has 1 saturated carbocycles. The highest BCUT2D eigenvalue weighted by Crippen LogP contribution is 2.30. The van der Waals surface area contributed by atoms with Gasteiger partial charge >= 0.3 is 6.09 Å². The molecule has 0 spiro atoms. The Bertz CT molecular complexity index is 1650. The molecule has 238 valence electrons. The minimum atomic E-state index is -1.05. The van der Waals surface area contributed by atoms with Crippen LogP contribution >= 0.6 is 0 Å². The van der Waals surface area contributed by atoms with Crippen molar-refractivity contribution >= 4 is 35.2 Å². The number of benzene rings is 3. The molecule has 4 aromatic rings. The van der Waals surface area contributed by atoms with E-state index in [9.17, 15) is 19.2 Å². The predicted molar refractivity (Wildman–Crippen MR) is 172 cm³/mol. The van der Waals surface area contributed by atoms with E-state index in [1.54, 1.807) is 24.3 Å². The zero-order valence-electron chi connectivity index (χ0n) is 25.3. The SMILES string of the molecule is CC(=O)Nc1ccccc1-c1ccc(C[C@H](NC(=O)C2CCC(CNC(=O)O)CC2)C(=O)Nc2ccc(-c3nn[nH]n3)cc2)cc1. The second-order valence-electron chi connectivity index (χ2n) is 11.4. The van der Waals surface area contributed by atoms with Gasteiger partial charge in [0.25, 0.3) is 0 Å². The van der Waals surface area contributed by atoms with E-state index in [2.05, 4.69) is 41.9 Å². The molecule has 1 atom stereocenters. The summed E-state index contributed by atoms with van der Waals surface area (Å²) in [6.07, 6.45) is 1.89. The van der Waals surface area contributed by atoms with Crippen LogP contribution in [-0.2, 0) is 20.8 Å². The van der Waals surface area contributed by atoms with Crippen LogP contribution in [0.25, 0.3) is 22.5 Å². The molecule has 1 fully saturated rings. The van der Waals surface area contributed by atoms with Gasteiger partial charge in [-0.15, -0.1) is 10.2 Å². The number of hydrogen-bond donors (Lipinski definition) is 6. The summed E-state index contributed by atoms with van der Waals surface area (Å²) in [6, 6.07) is 21.3. The number of hydrogen-bond acceptors (Lipinski definition) is 7. The van der Waals surface area contributed by atoms with Gasteiger partial charge in [-0.3, -0.25) is 14.4 Å². The lowest BCUT2D eigenvalue weighted by Crippen LogP contribution is -2.48. The molecule has 13 nitrogen and oxygen atoms in total. The minimum absolute atomic E-state index is 0.163. The number of nitrogens with zero attached hydrogens (tertiary/aromatic N) is 3. The van der Waals surface area contributed by atoms with Gasteiger partial charge < -0.3 is 26.4 Å². The van der Waals surface area contributed by atoms with Crippen LogP contribution in [0.4, 0.5) is 16.2 Å². The number of nitrogens with one attached hydrogen (secondary N) is 5. The van der Waals surface area contributed by atoms with Crippen molar-refractivity contribution in [2.24, 2.45) is 11.8 Å². The summed E-state index contributed by atoms with van der Waals surface area (Å²) in [4.78, 5) is 49.6. The van der Waals surface area contributed by atoms with E-state index in [0.717, 1.165) is 35.1 Å².